The summed E-state index contributed by atoms with van der Waals surface area (Å²) < 4.78 is 81.7. The Labute approximate surface area is 462 Å². The third-order valence-electron chi connectivity index (χ3n) is 13.7. The molecule has 3 saturated heterocycles. The maximum atomic E-state index is 14.3. The molecule has 4 unspecified atom stereocenters. The molecule has 0 spiro atoms. The van der Waals surface area contributed by atoms with Crippen LogP contribution >= 0.6 is 0 Å². The normalized spacial score (nSPS) is 17.2. The molecule has 1 aromatic carbocycles. The Kier molecular flexibility index (Phi) is 24.5. The van der Waals surface area contributed by atoms with E-state index in [4.69, 9.17) is 18.1 Å². The van der Waals surface area contributed by atoms with Crippen LogP contribution in [0.4, 0.5) is 17.6 Å². The number of carbonyl (C=O) groups excluding carboxylic acids is 4. The average Bonchev–Trinajstić information content (AvgIpc) is 4.09. The van der Waals surface area contributed by atoms with Crippen molar-refractivity contribution in [2.75, 3.05) is 74.1 Å². The molecule has 2 N–H and O–H groups in total. The summed E-state index contributed by atoms with van der Waals surface area (Å²) in [6.07, 6.45) is 2.23. The van der Waals surface area contributed by atoms with Gasteiger partial charge in [0.05, 0.1) is 54.7 Å². The molecule has 4 atom stereocenters. The lowest BCUT2D eigenvalue weighted by Gasteiger charge is -2.41. The lowest BCUT2D eigenvalue weighted by molar-refractivity contribution is -0.144. The van der Waals surface area contributed by atoms with E-state index in [-0.39, 0.29) is 55.2 Å². The van der Waals surface area contributed by atoms with E-state index in [9.17, 15) is 36.7 Å². The van der Waals surface area contributed by atoms with Gasteiger partial charge >= 0.3 is 12.1 Å². The molecule has 7 rings (SSSR count). The topological polar surface area (TPSA) is 185 Å². The molecule has 6 heterocycles. The van der Waals surface area contributed by atoms with Crippen LogP contribution in [0.2, 0.25) is 0 Å². The Hall–Kier alpha value is -5.70. The molecule has 4 aromatic rings. The Balaban J connectivity index is 0.000000409. The molecule has 3 aromatic heterocycles. The molecular formula is C56H79F4N9O8S. The molecule has 3 aliphatic heterocycles. The summed E-state index contributed by atoms with van der Waals surface area (Å²) in [6.45, 7) is 18.7. The fourth-order valence-corrected chi connectivity index (χ4v) is 9.52. The largest absolute Gasteiger partial charge is 0.465 e. The predicted molar refractivity (Wildman–Crippen MR) is 292 cm³/mol. The average molecular weight is 1110 g/mol. The van der Waals surface area contributed by atoms with E-state index >= 15 is 0 Å². The number of likely N-dealkylation sites (N-methyl/N-ethyl adjacent to an activating group) is 1. The van der Waals surface area contributed by atoms with Crippen LogP contribution in [0.3, 0.4) is 0 Å². The van der Waals surface area contributed by atoms with Crippen LogP contribution in [0.5, 0.6) is 0 Å². The first kappa shape index (κ1) is 64.8. The van der Waals surface area contributed by atoms with Crippen LogP contribution in [-0.4, -0.2) is 167 Å². The predicted octanol–water partition coefficient (Wildman–Crippen LogP) is 7.50. The first-order chi connectivity index (χ1) is 36.7. The number of carbonyl (C=O) groups is 4. The van der Waals surface area contributed by atoms with Crippen molar-refractivity contribution in [1.29, 1.82) is 0 Å². The highest BCUT2D eigenvalue weighted by Gasteiger charge is 2.36. The number of ether oxygens (including phenoxy) is 2. The van der Waals surface area contributed by atoms with Crippen LogP contribution < -0.4 is 10.7 Å². The number of aldehydes is 1. The van der Waals surface area contributed by atoms with E-state index in [1.807, 2.05) is 41.5 Å². The first-order valence-electron chi connectivity index (χ1n) is 26.3. The van der Waals surface area contributed by atoms with Gasteiger partial charge in [0.25, 0.3) is 5.91 Å². The summed E-state index contributed by atoms with van der Waals surface area (Å²) in [7, 11) is 7.17. The number of nitrogens with zero attached hydrogens (tertiary/aromatic N) is 7. The van der Waals surface area contributed by atoms with Crippen LogP contribution in [0.1, 0.15) is 104 Å². The number of benzene rings is 1. The second-order valence-electron chi connectivity index (χ2n) is 21.8. The smallest absolute Gasteiger partial charge is 0.406 e. The number of rotatable bonds is 17. The summed E-state index contributed by atoms with van der Waals surface area (Å²) >= 11 is 2.83. The number of hydrogen-bond donors (Lipinski definition) is 2. The number of amides is 2. The number of esters is 1. The summed E-state index contributed by atoms with van der Waals surface area (Å²) in [5, 5.41) is 5.45. The molecule has 0 radical (unpaired) electrons. The van der Waals surface area contributed by atoms with Crippen molar-refractivity contribution in [3.8, 4) is 34.4 Å². The van der Waals surface area contributed by atoms with Gasteiger partial charge in [-0.3, -0.25) is 34.6 Å². The van der Waals surface area contributed by atoms with E-state index < -0.39 is 48.5 Å². The number of likely N-dealkylation sites (tertiary alicyclic amines) is 2. The summed E-state index contributed by atoms with van der Waals surface area (Å²) in [4.78, 5) is 63.1. The molecule has 2 amide bonds. The summed E-state index contributed by atoms with van der Waals surface area (Å²) in [5.41, 5.74) is 5.46. The van der Waals surface area contributed by atoms with E-state index in [1.54, 1.807) is 62.4 Å². The number of fused-ring (bicyclic) bond motifs is 1. The van der Waals surface area contributed by atoms with Crippen LogP contribution in [0, 0.1) is 23.2 Å². The molecule has 0 aliphatic carbocycles. The van der Waals surface area contributed by atoms with Crippen LogP contribution in [0.15, 0.2) is 47.2 Å². The highest BCUT2D eigenvalue weighted by atomic mass is 32.1. The minimum atomic E-state index is -4.56. The Bertz CT molecular complexity index is 2670. The van der Waals surface area contributed by atoms with Gasteiger partial charge in [0, 0.05) is 87.4 Å². The maximum absolute atomic E-state index is 14.3. The van der Waals surface area contributed by atoms with E-state index in [2.05, 4.69) is 62.0 Å². The second kappa shape index (κ2) is 29.5. The van der Waals surface area contributed by atoms with Crippen molar-refractivity contribution in [3.05, 3.63) is 59.9 Å². The van der Waals surface area contributed by atoms with Gasteiger partial charge in [-0.2, -0.15) is 17.4 Å². The third-order valence-corrected chi connectivity index (χ3v) is 13.7. The van der Waals surface area contributed by atoms with Gasteiger partial charge in [-0.1, -0.05) is 39.7 Å². The van der Waals surface area contributed by atoms with Gasteiger partial charge in [-0.25, -0.2) is 14.4 Å². The summed E-state index contributed by atoms with van der Waals surface area (Å²) in [6, 6.07) is 7.12. The van der Waals surface area contributed by atoms with Crippen LogP contribution in [0.25, 0.3) is 33.4 Å². The number of pyridine rings is 1. The lowest BCUT2D eigenvalue weighted by atomic mass is 9.84. The van der Waals surface area contributed by atoms with Crippen LogP contribution in [-0.2, 0) is 60.6 Å². The van der Waals surface area contributed by atoms with E-state index in [1.165, 1.54) is 55.6 Å². The number of hydrazine groups is 1. The van der Waals surface area contributed by atoms with Gasteiger partial charge in [0.2, 0.25) is 5.91 Å². The standard InChI is InChI=1S/C38H48F3N5O6.C13H19FN2O.C5H12N2.OS/c1-22(2)34(45(7)8)36(49)43-26(18-47)16-32-44-30(19-51-32)25-12-13-31-28(15-25)29(17-37(5,6)21-52-24(4)48)35(46(31)20-38(39,40)41)27-11-10-14-42-33(27)23(3)50-9;1-13(2,16-7-3-8-16)6-4-12(17)15-9-5-11(14)10-15;1-7-5-3-2-4-6-7;1-2/h10-15,18-19,22-23,26,34H,16-17,20-21H2,1-9H3,(H,43,49);11H,3,5,7-10H2,1-2H3;6H,2-5H2,1H3;. The highest BCUT2D eigenvalue weighted by Crippen LogP contribution is 2.43. The van der Waals surface area contributed by atoms with Gasteiger partial charge in [-0.05, 0) is 109 Å². The minimum absolute atomic E-state index is 0.00110. The number of halogens is 4. The summed E-state index contributed by atoms with van der Waals surface area (Å²) in [5.74, 6) is 4.88. The van der Waals surface area contributed by atoms with Gasteiger partial charge in [-0.15, -0.1) is 0 Å². The third kappa shape index (κ3) is 18.7. The van der Waals surface area contributed by atoms with Gasteiger partial charge in [0.1, 0.15) is 31.0 Å². The molecular weight excluding hydrogens is 1030 g/mol. The second-order valence-corrected chi connectivity index (χ2v) is 21.8. The number of methoxy groups -OCH3 is 1. The molecule has 3 fully saturated rings. The number of nitrogens with one attached hydrogen (secondary N) is 2. The maximum Gasteiger partial charge on any atom is 0.406 e. The highest BCUT2D eigenvalue weighted by molar-refractivity contribution is 7.44. The first-order valence-corrected chi connectivity index (χ1v) is 26.6. The van der Waals surface area contributed by atoms with Crippen molar-refractivity contribution in [3.63, 3.8) is 0 Å². The SMILES string of the molecule is CC(C)(C#CC(=O)N1CCC(F)C1)N1CCC1.CN1CCCCN1.COC(C)c1ncccc1-c1c(CC(C)(C)COC(C)=O)c2cc(-c3coc(CC(C=O)NC(=O)C(C(C)C)N(C)C)n3)ccc2n1CC(F)(F)F.O=S. The number of oxazole rings is 1. The van der Waals surface area contributed by atoms with Gasteiger partial charge < -0.3 is 33.5 Å². The molecule has 0 saturated carbocycles. The van der Waals surface area contributed by atoms with E-state index in [0.717, 1.165) is 19.6 Å². The lowest BCUT2D eigenvalue weighted by Crippen LogP contribution is -2.51. The van der Waals surface area contributed by atoms with Crippen molar-refractivity contribution in [2.24, 2.45) is 11.3 Å². The number of alkyl halides is 4. The quantitative estimate of drug-likeness (QED) is 0.0458. The molecule has 0 bridgehead atoms. The Morgan fingerprint density at radius 2 is 1.74 bits per heavy atom. The van der Waals surface area contributed by atoms with Gasteiger partial charge in [0.15, 0.2) is 18.4 Å². The zero-order valence-corrected chi connectivity index (χ0v) is 48.0. The Morgan fingerprint density at radius 3 is 2.27 bits per heavy atom. The molecule has 17 nitrogen and oxygen atoms in total. The minimum Gasteiger partial charge on any atom is -0.465 e. The van der Waals surface area contributed by atoms with Crippen molar-refractivity contribution in [1.82, 2.24) is 45.0 Å². The Morgan fingerprint density at radius 1 is 1.04 bits per heavy atom. The molecule has 78 heavy (non-hydrogen) atoms. The van der Waals surface area contributed by atoms with E-state index in [0.29, 0.717) is 63.9 Å². The molecule has 3 aliphatic rings. The van der Waals surface area contributed by atoms with Crippen molar-refractivity contribution < 1.29 is 54.8 Å². The number of aromatic nitrogens is 3. The molecule has 22 heteroatoms. The fraction of sp³-hybridized carbons (Fsp3) is 0.607. The number of hydrogen-bond acceptors (Lipinski definition) is 15. The zero-order valence-electron chi connectivity index (χ0n) is 47.2. The van der Waals surface area contributed by atoms with Crippen molar-refractivity contribution >= 4 is 47.5 Å². The van der Waals surface area contributed by atoms with Crippen molar-refractivity contribution in [2.45, 2.75) is 137 Å². The fourth-order valence-electron chi connectivity index (χ4n) is 9.52. The zero-order chi connectivity index (χ0) is 58.1. The molecule has 430 valence electrons. The monoisotopic (exact) mass is 1110 g/mol.